The van der Waals surface area contributed by atoms with Crippen molar-refractivity contribution in [1.29, 1.82) is 0 Å². The minimum Gasteiger partial charge on any atom is -0.480 e. The lowest BCUT2D eigenvalue weighted by molar-refractivity contribution is -0.155. The van der Waals surface area contributed by atoms with E-state index in [1.165, 1.54) is 0 Å². The lowest BCUT2D eigenvalue weighted by Gasteiger charge is -2.25. The number of hydrogen-bond donors (Lipinski definition) is 1. The van der Waals surface area contributed by atoms with E-state index in [9.17, 15) is 14.4 Å². The van der Waals surface area contributed by atoms with E-state index < -0.39 is 23.8 Å². The van der Waals surface area contributed by atoms with Gasteiger partial charge in [0, 0.05) is 12.2 Å². The fourth-order valence-corrected chi connectivity index (χ4v) is 1.38. The van der Waals surface area contributed by atoms with Crippen molar-refractivity contribution >= 4 is 17.8 Å². The van der Waals surface area contributed by atoms with Gasteiger partial charge in [-0.3, -0.25) is 14.5 Å². The molecule has 0 spiro atoms. The Labute approximate surface area is 81.0 Å². The SMILES string of the molecule is CC(C)[C@H](C(=O)O)N1C(=O)C=CC1=O. The van der Waals surface area contributed by atoms with E-state index in [0.29, 0.717) is 0 Å². The molecule has 1 heterocycles. The van der Waals surface area contributed by atoms with Crippen molar-refractivity contribution in [3.8, 4) is 0 Å². The number of carbonyl (C=O) groups excluding carboxylic acids is 2. The standard InChI is InChI=1S/C9H11NO4/c1-5(2)8(9(13)14)10-6(11)3-4-7(10)12/h3-5,8H,1-2H3,(H,13,14)/t8-/m1/s1. The summed E-state index contributed by atoms with van der Waals surface area (Å²) in [4.78, 5) is 34.0. The molecule has 0 fully saturated rings. The number of imide groups is 1. The highest BCUT2D eigenvalue weighted by Gasteiger charge is 2.37. The summed E-state index contributed by atoms with van der Waals surface area (Å²) in [5, 5.41) is 8.87. The van der Waals surface area contributed by atoms with Crippen LogP contribution in [0.2, 0.25) is 0 Å². The first kappa shape index (κ1) is 10.4. The molecule has 0 saturated heterocycles. The van der Waals surface area contributed by atoms with Crippen molar-refractivity contribution in [2.75, 3.05) is 0 Å². The Morgan fingerprint density at radius 2 is 1.71 bits per heavy atom. The average Bonchev–Trinajstić information content (AvgIpc) is 2.34. The summed E-state index contributed by atoms with van der Waals surface area (Å²) in [5.74, 6) is -2.59. The fraction of sp³-hybridized carbons (Fsp3) is 0.444. The number of nitrogens with zero attached hydrogens (tertiary/aromatic N) is 1. The fourth-order valence-electron chi connectivity index (χ4n) is 1.38. The summed E-state index contributed by atoms with van der Waals surface area (Å²) in [6, 6.07) is -1.08. The first-order valence-electron chi connectivity index (χ1n) is 4.23. The van der Waals surface area contributed by atoms with Crippen LogP contribution in [0.4, 0.5) is 0 Å². The molecule has 0 aromatic heterocycles. The molecule has 0 saturated carbocycles. The van der Waals surface area contributed by atoms with E-state index in [1.54, 1.807) is 13.8 Å². The molecule has 0 radical (unpaired) electrons. The summed E-state index contributed by atoms with van der Waals surface area (Å²) in [6.07, 6.45) is 2.17. The van der Waals surface area contributed by atoms with Gasteiger partial charge in [0.05, 0.1) is 0 Å². The van der Waals surface area contributed by atoms with Crippen molar-refractivity contribution in [2.24, 2.45) is 5.92 Å². The first-order chi connectivity index (χ1) is 6.45. The zero-order valence-electron chi connectivity index (χ0n) is 7.93. The highest BCUT2D eigenvalue weighted by molar-refractivity contribution is 6.14. The number of carboxylic acids is 1. The van der Waals surface area contributed by atoms with Gasteiger partial charge in [-0.2, -0.15) is 0 Å². The van der Waals surface area contributed by atoms with Crippen LogP contribution in [0.5, 0.6) is 0 Å². The van der Waals surface area contributed by atoms with Gasteiger partial charge in [-0.05, 0) is 5.92 Å². The van der Waals surface area contributed by atoms with Gasteiger partial charge in [-0.25, -0.2) is 4.79 Å². The van der Waals surface area contributed by atoms with Crippen LogP contribution in [0.15, 0.2) is 12.2 Å². The second-order valence-electron chi connectivity index (χ2n) is 3.41. The lowest BCUT2D eigenvalue weighted by atomic mass is 10.0. The Morgan fingerprint density at radius 3 is 2.00 bits per heavy atom. The third-order valence-corrected chi connectivity index (χ3v) is 2.01. The molecular weight excluding hydrogens is 186 g/mol. The van der Waals surface area contributed by atoms with Gasteiger partial charge in [-0.15, -0.1) is 0 Å². The maximum Gasteiger partial charge on any atom is 0.327 e. The Kier molecular flexibility index (Phi) is 2.69. The zero-order chi connectivity index (χ0) is 10.9. The van der Waals surface area contributed by atoms with Crippen LogP contribution in [0.25, 0.3) is 0 Å². The minimum atomic E-state index is -1.16. The largest absolute Gasteiger partial charge is 0.480 e. The molecule has 1 N–H and O–H groups in total. The second-order valence-corrected chi connectivity index (χ2v) is 3.41. The average molecular weight is 197 g/mol. The monoisotopic (exact) mass is 197 g/mol. The Hall–Kier alpha value is -1.65. The van der Waals surface area contributed by atoms with Crippen molar-refractivity contribution in [3.63, 3.8) is 0 Å². The minimum absolute atomic E-state index is 0.305. The molecule has 0 aromatic rings. The van der Waals surface area contributed by atoms with Gasteiger partial charge in [0.2, 0.25) is 0 Å². The molecule has 0 aliphatic carbocycles. The van der Waals surface area contributed by atoms with Crippen molar-refractivity contribution in [1.82, 2.24) is 4.90 Å². The molecule has 5 nitrogen and oxygen atoms in total. The first-order valence-corrected chi connectivity index (χ1v) is 4.23. The summed E-state index contributed by atoms with van der Waals surface area (Å²) >= 11 is 0. The Morgan fingerprint density at radius 1 is 1.29 bits per heavy atom. The highest BCUT2D eigenvalue weighted by Crippen LogP contribution is 2.16. The van der Waals surface area contributed by atoms with Crippen molar-refractivity contribution in [2.45, 2.75) is 19.9 Å². The number of carboxylic acid groups (broad SMARTS) is 1. The summed E-state index contributed by atoms with van der Waals surface area (Å²) in [7, 11) is 0. The maximum atomic E-state index is 11.2. The summed E-state index contributed by atoms with van der Waals surface area (Å²) < 4.78 is 0. The third-order valence-electron chi connectivity index (χ3n) is 2.01. The van der Waals surface area contributed by atoms with Gasteiger partial charge in [0.25, 0.3) is 11.8 Å². The van der Waals surface area contributed by atoms with Crippen LogP contribution in [-0.4, -0.2) is 33.8 Å². The lowest BCUT2D eigenvalue weighted by Crippen LogP contribution is -2.47. The van der Waals surface area contributed by atoms with Crippen LogP contribution in [0.3, 0.4) is 0 Å². The maximum absolute atomic E-state index is 11.2. The smallest absolute Gasteiger partial charge is 0.327 e. The molecular formula is C9H11NO4. The van der Waals surface area contributed by atoms with E-state index in [-0.39, 0.29) is 5.92 Å². The molecule has 1 aliphatic rings. The number of rotatable bonds is 3. The summed E-state index contributed by atoms with van der Waals surface area (Å²) in [5.41, 5.74) is 0. The molecule has 1 aliphatic heterocycles. The molecule has 0 bridgehead atoms. The molecule has 0 aromatic carbocycles. The quantitative estimate of drug-likeness (QED) is 0.647. The summed E-state index contributed by atoms with van der Waals surface area (Å²) in [6.45, 7) is 3.30. The predicted molar refractivity (Wildman–Crippen MR) is 47.3 cm³/mol. The number of carbonyl (C=O) groups is 3. The Balaban J connectivity index is 2.95. The molecule has 14 heavy (non-hydrogen) atoms. The van der Waals surface area contributed by atoms with Gasteiger partial charge < -0.3 is 5.11 Å². The van der Waals surface area contributed by atoms with Crippen LogP contribution in [0, 0.1) is 5.92 Å². The third kappa shape index (κ3) is 1.66. The van der Waals surface area contributed by atoms with Crippen molar-refractivity contribution < 1.29 is 19.5 Å². The van der Waals surface area contributed by atoms with Crippen molar-refractivity contribution in [3.05, 3.63) is 12.2 Å². The van der Waals surface area contributed by atoms with E-state index in [4.69, 9.17) is 5.11 Å². The number of amides is 2. The van der Waals surface area contributed by atoms with E-state index in [0.717, 1.165) is 17.1 Å². The van der Waals surface area contributed by atoms with Crippen LogP contribution >= 0.6 is 0 Å². The molecule has 5 heteroatoms. The molecule has 1 atom stereocenters. The van der Waals surface area contributed by atoms with Gasteiger partial charge >= 0.3 is 5.97 Å². The zero-order valence-corrected chi connectivity index (χ0v) is 7.93. The van der Waals surface area contributed by atoms with Crippen LogP contribution in [-0.2, 0) is 14.4 Å². The molecule has 76 valence electrons. The van der Waals surface area contributed by atoms with Gasteiger partial charge in [-0.1, -0.05) is 13.8 Å². The predicted octanol–water partition coefficient (Wildman–Crippen LogP) is 0.0206. The topological polar surface area (TPSA) is 74.7 Å². The molecule has 1 rings (SSSR count). The second kappa shape index (κ2) is 3.61. The van der Waals surface area contributed by atoms with Gasteiger partial charge in [0.1, 0.15) is 6.04 Å². The normalized spacial score (nSPS) is 18.1. The number of hydrogen-bond acceptors (Lipinski definition) is 3. The van der Waals surface area contributed by atoms with Gasteiger partial charge in [0.15, 0.2) is 0 Å². The van der Waals surface area contributed by atoms with Crippen LogP contribution < -0.4 is 0 Å². The molecule has 2 amide bonds. The van der Waals surface area contributed by atoms with Crippen LogP contribution in [0.1, 0.15) is 13.8 Å². The Bertz CT molecular complexity index is 301. The van der Waals surface area contributed by atoms with E-state index in [2.05, 4.69) is 0 Å². The van der Waals surface area contributed by atoms with E-state index >= 15 is 0 Å². The number of aliphatic carboxylic acids is 1. The van der Waals surface area contributed by atoms with E-state index in [1.807, 2.05) is 0 Å². The highest BCUT2D eigenvalue weighted by atomic mass is 16.4. The molecule has 0 unspecified atom stereocenters.